The molecule has 3 heterocycles. The van der Waals surface area contributed by atoms with Crippen molar-refractivity contribution in [1.29, 1.82) is 0 Å². The topological polar surface area (TPSA) is 119 Å². The highest BCUT2D eigenvalue weighted by molar-refractivity contribution is 6.05. The van der Waals surface area contributed by atoms with Crippen LogP contribution in [0.3, 0.4) is 0 Å². The van der Waals surface area contributed by atoms with Gasteiger partial charge in [0.25, 0.3) is 0 Å². The van der Waals surface area contributed by atoms with Crippen molar-refractivity contribution in [2.24, 2.45) is 0 Å². The lowest BCUT2D eigenvalue weighted by atomic mass is 10.0. The molecular weight excluding hydrogens is 604 g/mol. The average Bonchev–Trinajstić information content (AvgIpc) is 3.06. The van der Waals surface area contributed by atoms with Crippen molar-refractivity contribution < 1.29 is 19.1 Å². The van der Waals surface area contributed by atoms with E-state index in [1.165, 1.54) is 0 Å². The maximum Gasteiger partial charge on any atom is 0.410 e. The Labute approximate surface area is 280 Å². The number of amides is 2. The fourth-order valence-corrected chi connectivity index (χ4v) is 5.77. The van der Waals surface area contributed by atoms with Gasteiger partial charge in [0.1, 0.15) is 11.4 Å². The van der Waals surface area contributed by atoms with Crippen molar-refractivity contribution in [3.05, 3.63) is 102 Å². The molecule has 3 aromatic carbocycles. The number of hydrogen-bond acceptors (Lipinski definition) is 8. The predicted molar refractivity (Wildman–Crippen MR) is 187 cm³/mol. The molecule has 0 aliphatic carbocycles. The molecule has 0 radical (unpaired) electrons. The number of carbonyl (C=O) groups excluding carboxylic acids is 2. The first-order chi connectivity index (χ1) is 23.1. The van der Waals surface area contributed by atoms with Crippen LogP contribution in [0.5, 0.6) is 11.6 Å². The summed E-state index contributed by atoms with van der Waals surface area (Å²) in [6.07, 6.45) is 5.07. The van der Waals surface area contributed by atoms with Gasteiger partial charge in [-0.3, -0.25) is 4.79 Å². The molecule has 1 atom stereocenters. The zero-order chi connectivity index (χ0) is 33.7. The molecule has 10 heteroatoms. The van der Waals surface area contributed by atoms with Crippen molar-refractivity contribution in [2.45, 2.75) is 58.6 Å². The number of aromatic nitrogens is 3. The molecule has 48 heavy (non-hydrogen) atoms. The molecule has 1 saturated heterocycles. The number of hydrogen-bond donors (Lipinski definition) is 2. The number of pyridine rings is 1. The largest absolute Gasteiger partial charge is 0.444 e. The molecule has 246 valence electrons. The standard InChI is InChI=1S/C38H40N6O4/c1-25-17-18-28-29(14-8-16-31(28)42-33(45)23-26-11-6-5-7-12-26)34(25)47-35-30(15-9-20-39-35)32-19-21-40-36(43-32)41-27-13-10-22-44(24-27)37(46)48-38(2,3)4/h5-9,11-12,14-21,27H,10,13,22-24H2,1-4H3,(H,42,45)(H,40,41,43)/t27-/m0/s1. The van der Waals surface area contributed by atoms with Crippen molar-refractivity contribution >= 4 is 34.4 Å². The molecule has 1 aliphatic heterocycles. The lowest BCUT2D eigenvalue weighted by Crippen LogP contribution is -2.47. The van der Waals surface area contributed by atoms with Gasteiger partial charge in [0.05, 0.1) is 17.7 Å². The quantitative estimate of drug-likeness (QED) is 0.176. The van der Waals surface area contributed by atoms with Crippen molar-refractivity contribution in [3.63, 3.8) is 0 Å². The first-order valence-corrected chi connectivity index (χ1v) is 16.2. The zero-order valence-electron chi connectivity index (χ0n) is 27.7. The summed E-state index contributed by atoms with van der Waals surface area (Å²) in [5, 5.41) is 8.20. The minimum Gasteiger partial charge on any atom is -0.444 e. The van der Waals surface area contributed by atoms with Gasteiger partial charge in [0, 0.05) is 48.0 Å². The monoisotopic (exact) mass is 644 g/mol. The van der Waals surface area contributed by atoms with Gasteiger partial charge < -0.3 is 25.0 Å². The van der Waals surface area contributed by atoms with Gasteiger partial charge in [-0.1, -0.05) is 54.6 Å². The van der Waals surface area contributed by atoms with Crippen LogP contribution in [-0.4, -0.2) is 56.6 Å². The minimum atomic E-state index is -0.552. The Hall–Kier alpha value is -5.51. The Balaban J connectivity index is 1.22. The van der Waals surface area contributed by atoms with Crippen molar-refractivity contribution in [1.82, 2.24) is 19.9 Å². The Bertz CT molecular complexity index is 1920. The van der Waals surface area contributed by atoms with Crippen LogP contribution < -0.4 is 15.4 Å². The number of fused-ring (bicyclic) bond motifs is 1. The molecular formula is C38H40N6O4. The second-order valence-electron chi connectivity index (χ2n) is 13.0. The number of nitrogens with one attached hydrogen (secondary N) is 2. The Morgan fingerprint density at radius 1 is 0.917 bits per heavy atom. The van der Waals surface area contributed by atoms with Crippen LogP contribution in [0.1, 0.15) is 44.7 Å². The van der Waals surface area contributed by atoms with Crippen LogP contribution in [0.25, 0.3) is 22.0 Å². The molecule has 2 N–H and O–H groups in total. The maximum atomic E-state index is 12.9. The van der Waals surface area contributed by atoms with E-state index in [0.717, 1.165) is 34.7 Å². The van der Waals surface area contributed by atoms with E-state index in [1.807, 2.05) is 107 Å². The highest BCUT2D eigenvalue weighted by Crippen LogP contribution is 2.38. The number of likely N-dealkylation sites (tertiary alicyclic amines) is 1. The molecule has 0 saturated carbocycles. The van der Waals surface area contributed by atoms with Crippen LogP contribution in [0.2, 0.25) is 0 Å². The van der Waals surface area contributed by atoms with Gasteiger partial charge in [0.2, 0.25) is 17.7 Å². The third-order valence-corrected chi connectivity index (χ3v) is 8.00. The highest BCUT2D eigenvalue weighted by atomic mass is 16.6. The second-order valence-corrected chi connectivity index (χ2v) is 13.0. The first-order valence-electron chi connectivity index (χ1n) is 16.2. The van der Waals surface area contributed by atoms with Crippen molar-refractivity contribution in [2.75, 3.05) is 23.7 Å². The molecule has 2 aromatic heterocycles. The number of anilines is 2. The van der Waals surface area contributed by atoms with E-state index in [4.69, 9.17) is 14.5 Å². The summed E-state index contributed by atoms with van der Waals surface area (Å²) in [6.45, 7) is 8.74. The van der Waals surface area contributed by atoms with E-state index in [2.05, 4.69) is 20.6 Å². The highest BCUT2D eigenvalue weighted by Gasteiger charge is 2.28. The van der Waals surface area contributed by atoms with Crippen LogP contribution in [-0.2, 0) is 16.0 Å². The molecule has 5 aromatic rings. The van der Waals surface area contributed by atoms with Gasteiger partial charge in [-0.2, -0.15) is 0 Å². The second kappa shape index (κ2) is 14.1. The van der Waals surface area contributed by atoms with Gasteiger partial charge >= 0.3 is 6.09 Å². The lowest BCUT2D eigenvalue weighted by Gasteiger charge is -2.34. The molecule has 0 unspecified atom stereocenters. The fourth-order valence-electron chi connectivity index (χ4n) is 5.77. The molecule has 1 aliphatic rings. The first kappa shape index (κ1) is 32.4. The summed E-state index contributed by atoms with van der Waals surface area (Å²) in [5.41, 5.74) is 3.36. The van der Waals surface area contributed by atoms with Crippen LogP contribution in [0.4, 0.5) is 16.4 Å². The number of carbonyl (C=O) groups is 2. The minimum absolute atomic E-state index is 0.0214. The molecule has 1 fully saturated rings. The van der Waals surface area contributed by atoms with Crippen molar-refractivity contribution in [3.8, 4) is 22.9 Å². The Morgan fingerprint density at radius 2 is 1.75 bits per heavy atom. The maximum absolute atomic E-state index is 12.9. The summed E-state index contributed by atoms with van der Waals surface area (Å²) in [5.74, 6) is 1.40. The average molecular weight is 645 g/mol. The number of aryl methyl sites for hydroxylation is 1. The van der Waals surface area contributed by atoms with Crippen LogP contribution in [0.15, 0.2) is 91.3 Å². The summed E-state index contributed by atoms with van der Waals surface area (Å²) in [6, 6.07) is 25.0. The van der Waals surface area contributed by atoms with E-state index in [9.17, 15) is 9.59 Å². The van der Waals surface area contributed by atoms with E-state index in [0.29, 0.717) is 47.6 Å². The summed E-state index contributed by atoms with van der Waals surface area (Å²) < 4.78 is 12.2. The summed E-state index contributed by atoms with van der Waals surface area (Å²) in [7, 11) is 0. The van der Waals surface area contributed by atoms with Crippen LogP contribution in [0, 0.1) is 6.92 Å². The van der Waals surface area contributed by atoms with Crippen LogP contribution >= 0.6 is 0 Å². The Morgan fingerprint density at radius 3 is 2.56 bits per heavy atom. The normalized spacial score (nSPS) is 14.8. The SMILES string of the molecule is Cc1ccc2c(NC(=O)Cc3ccccc3)cccc2c1Oc1ncccc1-c1ccnc(N[C@H]2CCCN(C(=O)OC(C)(C)C)C2)n1. The van der Waals surface area contributed by atoms with E-state index in [-0.39, 0.29) is 24.5 Å². The summed E-state index contributed by atoms with van der Waals surface area (Å²) in [4.78, 5) is 41.2. The Kier molecular flexibility index (Phi) is 9.52. The number of rotatable bonds is 8. The van der Waals surface area contributed by atoms with Gasteiger partial charge in [-0.05, 0) is 75.9 Å². The van der Waals surface area contributed by atoms with E-state index >= 15 is 0 Å². The number of benzene rings is 3. The molecule has 2 amide bonds. The van der Waals surface area contributed by atoms with E-state index in [1.54, 1.807) is 17.3 Å². The predicted octanol–water partition coefficient (Wildman–Crippen LogP) is 7.79. The van der Waals surface area contributed by atoms with E-state index < -0.39 is 5.60 Å². The third kappa shape index (κ3) is 7.88. The number of ether oxygens (including phenoxy) is 2. The smallest absolute Gasteiger partial charge is 0.410 e. The number of piperidine rings is 1. The van der Waals surface area contributed by atoms with Gasteiger partial charge in [0.15, 0.2) is 0 Å². The molecule has 0 spiro atoms. The molecule has 6 rings (SSSR count). The number of nitrogens with zero attached hydrogens (tertiary/aromatic N) is 4. The molecule has 10 nitrogen and oxygen atoms in total. The fraction of sp³-hybridized carbons (Fsp3) is 0.289. The molecule has 0 bridgehead atoms. The zero-order valence-corrected chi connectivity index (χ0v) is 27.7. The van der Waals surface area contributed by atoms with Gasteiger partial charge in [-0.15, -0.1) is 0 Å². The lowest BCUT2D eigenvalue weighted by molar-refractivity contribution is -0.115. The van der Waals surface area contributed by atoms with Gasteiger partial charge in [-0.25, -0.2) is 19.7 Å². The summed E-state index contributed by atoms with van der Waals surface area (Å²) >= 11 is 0. The third-order valence-electron chi connectivity index (χ3n) is 8.00.